The Hall–Kier alpha value is -1.30. The monoisotopic (exact) mass is 411 g/mol. The van der Waals surface area contributed by atoms with Gasteiger partial charge in [-0.2, -0.15) is 0 Å². The molecule has 2 heterocycles. The first-order valence-electron chi connectivity index (χ1n) is 9.75. The van der Waals surface area contributed by atoms with E-state index in [4.69, 9.17) is 23.2 Å². The molecule has 2 saturated heterocycles. The molecule has 1 aromatic rings. The van der Waals surface area contributed by atoms with Crippen LogP contribution in [0.1, 0.15) is 37.7 Å². The Morgan fingerprint density at radius 2 is 1.74 bits per heavy atom. The molecule has 148 valence electrons. The van der Waals surface area contributed by atoms with Gasteiger partial charge in [0.1, 0.15) is 0 Å². The largest absolute Gasteiger partial charge is 0.342 e. The molecule has 3 rings (SSSR count). The molecule has 2 fully saturated rings. The summed E-state index contributed by atoms with van der Waals surface area (Å²) in [7, 11) is 0. The van der Waals surface area contributed by atoms with Crippen LogP contribution in [-0.2, 0) is 16.1 Å². The molecule has 2 amide bonds. The lowest BCUT2D eigenvalue weighted by atomic mass is 10.2. The molecule has 0 unspecified atom stereocenters. The second kappa shape index (κ2) is 9.76. The van der Waals surface area contributed by atoms with Crippen molar-refractivity contribution in [2.75, 3.05) is 39.3 Å². The van der Waals surface area contributed by atoms with E-state index >= 15 is 0 Å². The molecule has 5 nitrogen and oxygen atoms in total. The van der Waals surface area contributed by atoms with E-state index in [9.17, 15) is 9.59 Å². The quantitative estimate of drug-likeness (QED) is 0.745. The maximum absolute atomic E-state index is 12.5. The van der Waals surface area contributed by atoms with E-state index in [0.29, 0.717) is 29.4 Å². The molecule has 2 aliphatic heterocycles. The minimum absolute atomic E-state index is 0.154. The summed E-state index contributed by atoms with van der Waals surface area (Å²) in [5, 5.41) is 1.14. The van der Waals surface area contributed by atoms with Gasteiger partial charge >= 0.3 is 0 Å². The van der Waals surface area contributed by atoms with Crippen LogP contribution in [0, 0.1) is 0 Å². The van der Waals surface area contributed by atoms with E-state index in [2.05, 4.69) is 4.90 Å². The van der Waals surface area contributed by atoms with E-state index in [1.165, 1.54) is 0 Å². The minimum Gasteiger partial charge on any atom is -0.342 e. The number of piperazine rings is 1. The Kier molecular flexibility index (Phi) is 7.39. The Balaban J connectivity index is 1.42. The molecule has 27 heavy (non-hydrogen) atoms. The Bertz CT molecular complexity index is 675. The summed E-state index contributed by atoms with van der Waals surface area (Å²) in [5.41, 5.74) is 1.13. The first kappa shape index (κ1) is 20.4. The molecule has 1 aromatic carbocycles. The average Bonchev–Trinajstić information content (AvgIpc) is 2.87. The maximum Gasteiger partial charge on any atom is 0.224 e. The van der Waals surface area contributed by atoms with Crippen LogP contribution in [0.4, 0.5) is 0 Å². The van der Waals surface area contributed by atoms with Crippen LogP contribution < -0.4 is 0 Å². The van der Waals surface area contributed by atoms with Crippen molar-refractivity contribution >= 4 is 35.0 Å². The van der Waals surface area contributed by atoms with Gasteiger partial charge in [-0.25, -0.2) is 0 Å². The summed E-state index contributed by atoms with van der Waals surface area (Å²) in [6, 6.07) is 5.71. The van der Waals surface area contributed by atoms with Gasteiger partial charge in [-0.1, -0.05) is 35.7 Å². The second-order valence-electron chi connectivity index (χ2n) is 7.35. The zero-order valence-corrected chi connectivity index (χ0v) is 17.1. The average molecular weight is 412 g/mol. The summed E-state index contributed by atoms with van der Waals surface area (Å²) >= 11 is 12.1. The molecule has 7 heteroatoms. The summed E-state index contributed by atoms with van der Waals surface area (Å²) in [4.78, 5) is 30.7. The highest BCUT2D eigenvalue weighted by Gasteiger charge is 2.23. The fraction of sp³-hybridized carbons (Fsp3) is 0.600. The molecule has 0 N–H and O–H groups in total. The molecule has 0 aliphatic carbocycles. The number of amides is 2. The van der Waals surface area contributed by atoms with Gasteiger partial charge in [0, 0.05) is 58.7 Å². The van der Waals surface area contributed by atoms with Crippen molar-refractivity contribution in [1.29, 1.82) is 0 Å². The molecule has 0 saturated carbocycles. The molecule has 0 atom stereocenters. The van der Waals surface area contributed by atoms with E-state index in [-0.39, 0.29) is 11.8 Å². The molecule has 2 aliphatic rings. The predicted molar refractivity (Wildman–Crippen MR) is 108 cm³/mol. The number of rotatable bonds is 5. The molecular formula is C20H27Cl2N3O2. The van der Waals surface area contributed by atoms with Crippen molar-refractivity contribution in [1.82, 2.24) is 14.7 Å². The van der Waals surface area contributed by atoms with Crippen LogP contribution in [0.25, 0.3) is 0 Å². The van der Waals surface area contributed by atoms with E-state index in [1.54, 1.807) is 0 Å². The topological polar surface area (TPSA) is 43.9 Å². The number of halogens is 2. The number of nitrogens with zero attached hydrogens (tertiary/aromatic N) is 3. The van der Waals surface area contributed by atoms with Crippen molar-refractivity contribution < 1.29 is 9.59 Å². The van der Waals surface area contributed by atoms with Crippen molar-refractivity contribution in [2.45, 2.75) is 38.6 Å². The first-order valence-corrected chi connectivity index (χ1v) is 10.5. The third-order valence-corrected chi connectivity index (χ3v) is 6.12. The maximum atomic E-state index is 12.5. The van der Waals surface area contributed by atoms with E-state index in [0.717, 1.165) is 64.1 Å². The van der Waals surface area contributed by atoms with Crippen LogP contribution in [0.2, 0.25) is 10.0 Å². The highest BCUT2D eigenvalue weighted by Crippen LogP contribution is 2.23. The van der Waals surface area contributed by atoms with Gasteiger partial charge in [-0.05, 0) is 30.5 Å². The van der Waals surface area contributed by atoms with Gasteiger partial charge in [-0.3, -0.25) is 14.5 Å². The zero-order chi connectivity index (χ0) is 19.2. The third-order valence-electron chi connectivity index (χ3n) is 5.38. The summed E-state index contributed by atoms with van der Waals surface area (Å²) in [5.74, 6) is 0.355. The molecule has 0 spiro atoms. The van der Waals surface area contributed by atoms with Crippen molar-refractivity contribution in [3.63, 3.8) is 0 Å². The molecule has 0 radical (unpaired) electrons. The van der Waals surface area contributed by atoms with Gasteiger partial charge in [-0.15, -0.1) is 0 Å². The lowest BCUT2D eigenvalue weighted by Gasteiger charge is -2.35. The number of carbonyl (C=O) groups excluding carboxylic acids is 2. The second-order valence-corrected chi connectivity index (χ2v) is 8.16. The van der Waals surface area contributed by atoms with Gasteiger partial charge in [0.15, 0.2) is 0 Å². The smallest absolute Gasteiger partial charge is 0.224 e. The number of hydrogen-bond donors (Lipinski definition) is 0. The van der Waals surface area contributed by atoms with Crippen LogP contribution in [0.15, 0.2) is 18.2 Å². The lowest BCUT2D eigenvalue weighted by Crippen LogP contribution is -2.49. The van der Waals surface area contributed by atoms with Crippen LogP contribution in [0.3, 0.4) is 0 Å². The minimum atomic E-state index is 0.154. The van der Waals surface area contributed by atoms with Gasteiger partial charge < -0.3 is 9.80 Å². The van der Waals surface area contributed by atoms with E-state index < -0.39 is 0 Å². The molecule has 0 aromatic heterocycles. The summed E-state index contributed by atoms with van der Waals surface area (Å²) in [6.07, 6.45) is 4.19. The fourth-order valence-electron chi connectivity index (χ4n) is 3.72. The number of likely N-dealkylation sites (tertiary alicyclic amines) is 1. The Morgan fingerprint density at radius 3 is 2.48 bits per heavy atom. The summed E-state index contributed by atoms with van der Waals surface area (Å²) in [6.45, 7) is 5.30. The first-order chi connectivity index (χ1) is 13.0. The summed E-state index contributed by atoms with van der Waals surface area (Å²) < 4.78 is 0. The van der Waals surface area contributed by atoms with Crippen molar-refractivity contribution in [2.24, 2.45) is 0 Å². The van der Waals surface area contributed by atoms with Crippen molar-refractivity contribution in [3.05, 3.63) is 33.8 Å². The van der Waals surface area contributed by atoms with Crippen LogP contribution >= 0.6 is 23.2 Å². The molecular weight excluding hydrogens is 385 g/mol. The molecule has 0 bridgehead atoms. The van der Waals surface area contributed by atoms with Crippen LogP contribution in [-0.4, -0.2) is 65.8 Å². The normalized spacial score (nSPS) is 19.3. The van der Waals surface area contributed by atoms with Crippen LogP contribution in [0.5, 0.6) is 0 Å². The van der Waals surface area contributed by atoms with Gasteiger partial charge in [0.2, 0.25) is 11.8 Å². The third kappa shape index (κ3) is 5.84. The standard InChI is InChI=1S/C20H27Cl2N3O2/c21-17-6-5-16(14-18(17)22)15-23-10-12-25(13-11-23)20(27)7-9-24-8-3-1-2-4-19(24)26/h5-6,14H,1-4,7-13,15H2. The highest BCUT2D eigenvalue weighted by atomic mass is 35.5. The number of hydrogen-bond acceptors (Lipinski definition) is 3. The van der Waals surface area contributed by atoms with E-state index in [1.807, 2.05) is 28.0 Å². The zero-order valence-electron chi connectivity index (χ0n) is 15.6. The number of carbonyl (C=O) groups is 2. The fourth-order valence-corrected chi connectivity index (χ4v) is 4.04. The van der Waals surface area contributed by atoms with Crippen molar-refractivity contribution in [3.8, 4) is 0 Å². The Labute approximate surface area is 171 Å². The number of benzene rings is 1. The lowest BCUT2D eigenvalue weighted by molar-refractivity contribution is -0.135. The SMILES string of the molecule is O=C1CCCCCN1CCC(=O)N1CCN(Cc2ccc(Cl)c(Cl)c2)CC1. The van der Waals surface area contributed by atoms with Gasteiger partial charge in [0.25, 0.3) is 0 Å². The Morgan fingerprint density at radius 1 is 0.963 bits per heavy atom. The predicted octanol–water partition coefficient (Wildman–Crippen LogP) is 3.43. The van der Waals surface area contributed by atoms with Gasteiger partial charge in [0.05, 0.1) is 10.0 Å². The highest BCUT2D eigenvalue weighted by molar-refractivity contribution is 6.42.